The van der Waals surface area contributed by atoms with E-state index in [1.54, 1.807) is 0 Å². The maximum Gasteiger partial charge on any atom is 0.169 e. The predicted octanol–water partition coefficient (Wildman–Crippen LogP) is 2.84. The molecule has 62 valence electrons. The summed E-state index contributed by atoms with van der Waals surface area (Å²) in [5, 5.41) is 0. The van der Waals surface area contributed by atoms with Gasteiger partial charge < -0.3 is 10.2 Å². The first-order valence-electron chi connectivity index (χ1n) is 3.75. The van der Waals surface area contributed by atoms with Crippen molar-refractivity contribution >= 4 is 15.9 Å². The molecule has 0 saturated heterocycles. The van der Waals surface area contributed by atoms with Crippen LogP contribution in [0, 0.1) is 0 Å². The van der Waals surface area contributed by atoms with E-state index in [1.165, 1.54) is 0 Å². The summed E-state index contributed by atoms with van der Waals surface area (Å²) >= 11 is 3.23. The Morgan fingerprint density at radius 3 is 2.82 bits per heavy atom. The van der Waals surface area contributed by atoms with Gasteiger partial charge in [0, 0.05) is 0 Å². The van der Waals surface area contributed by atoms with Gasteiger partial charge >= 0.3 is 0 Å². The predicted molar refractivity (Wildman–Crippen MR) is 48.2 cm³/mol. The van der Waals surface area contributed by atoms with Crippen molar-refractivity contribution in [2.24, 2.45) is 5.73 Å². The molecule has 0 aromatic carbocycles. The minimum Gasteiger partial charge on any atom is -0.453 e. The Hall–Kier alpha value is -0.280. The van der Waals surface area contributed by atoms with Crippen LogP contribution in [-0.2, 0) is 0 Å². The molecule has 0 aliphatic carbocycles. The highest BCUT2D eigenvalue weighted by molar-refractivity contribution is 9.10. The molecule has 11 heavy (non-hydrogen) atoms. The fourth-order valence-electron chi connectivity index (χ4n) is 0.981. The number of hydrogen-bond acceptors (Lipinski definition) is 2. The molecule has 1 rings (SSSR count). The first kappa shape index (κ1) is 8.81. The van der Waals surface area contributed by atoms with Crippen molar-refractivity contribution in [3.63, 3.8) is 0 Å². The summed E-state index contributed by atoms with van der Waals surface area (Å²) in [5.74, 6) is 0.860. The average Bonchev–Trinajstić information content (AvgIpc) is 2.36. The van der Waals surface area contributed by atoms with Gasteiger partial charge in [0.2, 0.25) is 0 Å². The Bertz CT molecular complexity index is 222. The third kappa shape index (κ3) is 2.34. The SMILES string of the molecule is CCCC(N)c1ccc(Br)o1. The van der Waals surface area contributed by atoms with Crippen molar-refractivity contribution in [3.8, 4) is 0 Å². The molecule has 0 aliphatic heterocycles. The van der Waals surface area contributed by atoms with Crippen LogP contribution in [0.3, 0.4) is 0 Å². The van der Waals surface area contributed by atoms with Crippen molar-refractivity contribution in [1.29, 1.82) is 0 Å². The van der Waals surface area contributed by atoms with Crippen LogP contribution in [0.2, 0.25) is 0 Å². The maximum atomic E-state index is 5.80. The lowest BCUT2D eigenvalue weighted by molar-refractivity contribution is 0.435. The zero-order valence-corrected chi connectivity index (χ0v) is 8.10. The molecule has 0 aliphatic rings. The minimum atomic E-state index is 0.0475. The van der Waals surface area contributed by atoms with Gasteiger partial charge in [0.05, 0.1) is 6.04 Å². The van der Waals surface area contributed by atoms with Gasteiger partial charge in [0.15, 0.2) is 4.67 Å². The van der Waals surface area contributed by atoms with E-state index in [0.29, 0.717) is 0 Å². The van der Waals surface area contributed by atoms with Crippen LogP contribution in [0.1, 0.15) is 31.6 Å². The average molecular weight is 218 g/mol. The molecular weight excluding hydrogens is 206 g/mol. The number of nitrogens with two attached hydrogens (primary N) is 1. The fourth-order valence-corrected chi connectivity index (χ4v) is 1.30. The lowest BCUT2D eigenvalue weighted by atomic mass is 10.1. The molecule has 2 N–H and O–H groups in total. The van der Waals surface area contributed by atoms with E-state index < -0.39 is 0 Å². The van der Waals surface area contributed by atoms with Gasteiger partial charge in [-0.05, 0) is 34.5 Å². The number of halogens is 1. The van der Waals surface area contributed by atoms with E-state index >= 15 is 0 Å². The number of rotatable bonds is 3. The molecule has 1 aromatic rings. The van der Waals surface area contributed by atoms with E-state index in [0.717, 1.165) is 23.3 Å². The molecule has 2 nitrogen and oxygen atoms in total. The standard InChI is InChI=1S/C8H12BrNO/c1-2-3-6(10)7-4-5-8(9)11-7/h4-6H,2-3,10H2,1H3. The van der Waals surface area contributed by atoms with E-state index in [4.69, 9.17) is 10.2 Å². The first-order valence-corrected chi connectivity index (χ1v) is 4.54. The van der Waals surface area contributed by atoms with Gasteiger partial charge in [0.25, 0.3) is 0 Å². The lowest BCUT2D eigenvalue weighted by Gasteiger charge is -2.04. The zero-order chi connectivity index (χ0) is 8.27. The molecule has 3 heteroatoms. The highest BCUT2D eigenvalue weighted by Crippen LogP contribution is 2.21. The van der Waals surface area contributed by atoms with Crippen LogP contribution in [0.25, 0.3) is 0 Å². The summed E-state index contributed by atoms with van der Waals surface area (Å²) in [6.07, 6.45) is 2.05. The quantitative estimate of drug-likeness (QED) is 0.847. The smallest absolute Gasteiger partial charge is 0.169 e. The second kappa shape index (κ2) is 3.93. The molecule has 0 saturated carbocycles. The molecule has 0 bridgehead atoms. The summed E-state index contributed by atoms with van der Waals surface area (Å²) in [4.78, 5) is 0. The van der Waals surface area contributed by atoms with E-state index in [1.807, 2.05) is 12.1 Å². The normalized spacial score (nSPS) is 13.4. The molecule has 1 heterocycles. The third-order valence-corrected chi connectivity index (χ3v) is 1.99. The second-order valence-electron chi connectivity index (χ2n) is 2.54. The summed E-state index contributed by atoms with van der Waals surface area (Å²) in [6.45, 7) is 2.11. The Balaban J connectivity index is 2.60. The summed E-state index contributed by atoms with van der Waals surface area (Å²) < 4.78 is 6.04. The van der Waals surface area contributed by atoms with Crippen molar-refractivity contribution in [1.82, 2.24) is 0 Å². The summed E-state index contributed by atoms with van der Waals surface area (Å²) in [7, 11) is 0. The topological polar surface area (TPSA) is 39.2 Å². The Labute approximate surface area is 74.9 Å². The van der Waals surface area contributed by atoms with Gasteiger partial charge in [0.1, 0.15) is 5.76 Å². The van der Waals surface area contributed by atoms with Crippen LogP contribution in [0.4, 0.5) is 0 Å². The van der Waals surface area contributed by atoms with E-state index in [-0.39, 0.29) is 6.04 Å². The van der Waals surface area contributed by atoms with Crippen LogP contribution in [0.5, 0.6) is 0 Å². The van der Waals surface area contributed by atoms with Crippen molar-refractivity contribution in [3.05, 3.63) is 22.6 Å². The van der Waals surface area contributed by atoms with Crippen molar-refractivity contribution in [2.45, 2.75) is 25.8 Å². The third-order valence-electron chi connectivity index (χ3n) is 1.56. The monoisotopic (exact) mass is 217 g/mol. The zero-order valence-electron chi connectivity index (χ0n) is 6.51. The number of furan rings is 1. The molecular formula is C8H12BrNO. The maximum absolute atomic E-state index is 5.80. The Morgan fingerprint density at radius 1 is 1.64 bits per heavy atom. The molecule has 0 radical (unpaired) electrons. The van der Waals surface area contributed by atoms with Gasteiger partial charge in [-0.25, -0.2) is 0 Å². The van der Waals surface area contributed by atoms with Gasteiger partial charge in [-0.15, -0.1) is 0 Å². The molecule has 0 spiro atoms. The van der Waals surface area contributed by atoms with E-state index in [9.17, 15) is 0 Å². The minimum absolute atomic E-state index is 0.0475. The van der Waals surface area contributed by atoms with Crippen LogP contribution in [0.15, 0.2) is 21.2 Å². The fraction of sp³-hybridized carbons (Fsp3) is 0.500. The highest BCUT2D eigenvalue weighted by Gasteiger charge is 2.08. The van der Waals surface area contributed by atoms with Crippen LogP contribution < -0.4 is 5.73 Å². The van der Waals surface area contributed by atoms with E-state index in [2.05, 4.69) is 22.9 Å². The molecule has 1 atom stereocenters. The van der Waals surface area contributed by atoms with Gasteiger partial charge in [-0.1, -0.05) is 13.3 Å². The second-order valence-corrected chi connectivity index (χ2v) is 3.32. The van der Waals surface area contributed by atoms with Gasteiger partial charge in [-0.2, -0.15) is 0 Å². The Kier molecular flexibility index (Phi) is 3.15. The van der Waals surface area contributed by atoms with Crippen LogP contribution in [-0.4, -0.2) is 0 Å². The largest absolute Gasteiger partial charge is 0.453 e. The summed E-state index contributed by atoms with van der Waals surface area (Å²) in [6, 6.07) is 3.82. The first-order chi connectivity index (χ1) is 5.24. The molecule has 1 aromatic heterocycles. The van der Waals surface area contributed by atoms with Crippen LogP contribution >= 0.6 is 15.9 Å². The van der Waals surface area contributed by atoms with Crippen molar-refractivity contribution in [2.75, 3.05) is 0 Å². The summed E-state index contributed by atoms with van der Waals surface area (Å²) in [5.41, 5.74) is 5.80. The molecule has 1 unspecified atom stereocenters. The van der Waals surface area contributed by atoms with Crippen molar-refractivity contribution < 1.29 is 4.42 Å². The lowest BCUT2D eigenvalue weighted by Crippen LogP contribution is -2.08. The Morgan fingerprint density at radius 2 is 2.36 bits per heavy atom. The van der Waals surface area contributed by atoms with Gasteiger partial charge in [-0.3, -0.25) is 0 Å². The number of hydrogen-bond donors (Lipinski definition) is 1. The molecule has 0 fully saturated rings. The molecule has 0 amide bonds. The highest BCUT2D eigenvalue weighted by atomic mass is 79.9.